The second-order valence-electron chi connectivity index (χ2n) is 4.80. The molecule has 6 nitrogen and oxygen atoms in total. The lowest BCUT2D eigenvalue weighted by Crippen LogP contribution is -2.38. The van der Waals surface area contributed by atoms with E-state index in [2.05, 4.69) is 5.32 Å². The maximum absolute atomic E-state index is 12.2. The zero-order valence-electron chi connectivity index (χ0n) is 12.4. The number of aromatic carboxylic acids is 1. The number of aliphatic hydroxyl groups is 1. The third kappa shape index (κ3) is 4.75. The summed E-state index contributed by atoms with van der Waals surface area (Å²) in [4.78, 5) is 25.0. The van der Waals surface area contributed by atoms with Crippen molar-refractivity contribution in [1.29, 1.82) is 0 Å². The number of benzene rings is 1. The molecular formula is C15H22N2O4. The molecule has 0 saturated carbocycles. The van der Waals surface area contributed by atoms with Gasteiger partial charge < -0.3 is 20.4 Å². The highest BCUT2D eigenvalue weighted by molar-refractivity contribution is 6.01. The molecule has 0 bridgehead atoms. The minimum absolute atomic E-state index is 0.0882. The SMILES string of the molecule is CCCCN(CCO)C(=O)Nc1cccc(C)c1C(=O)O. The molecule has 0 saturated heterocycles. The summed E-state index contributed by atoms with van der Waals surface area (Å²) in [6.07, 6.45) is 1.76. The first-order valence-corrected chi connectivity index (χ1v) is 7.01. The Bertz CT molecular complexity index is 502. The first-order valence-electron chi connectivity index (χ1n) is 7.01. The van der Waals surface area contributed by atoms with Crippen LogP contribution in [0.5, 0.6) is 0 Å². The molecule has 0 aliphatic rings. The van der Waals surface area contributed by atoms with E-state index in [0.717, 1.165) is 12.8 Å². The lowest BCUT2D eigenvalue weighted by molar-refractivity contribution is 0.0697. The number of hydrogen-bond acceptors (Lipinski definition) is 3. The van der Waals surface area contributed by atoms with Gasteiger partial charge in [-0.2, -0.15) is 0 Å². The quantitative estimate of drug-likeness (QED) is 0.720. The molecule has 21 heavy (non-hydrogen) atoms. The predicted molar refractivity (Wildman–Crippen MR) is 80.7 cm³/mol. The fraction of sp³-hybridized carbons (Fsp3) is 0.467. The number of amides is 2. The number of rotatable bonds is 7. The van der Waals surface area contributed by atoms with Gasteiger partial charge >= 0.3 is 12.0 Å². The van der Waals surface area contributed by atoms with E-state index < -0.39 is 12.0 Å². The molecule has 2 amide bonds. The monoisotopic (exact) mass is 294 g/mol. The van der Waals surface area contributed by atoms with Crippen molar-refractivity contribution in [3.63, 3.8) is 0 Å². The molecule has 1 rings (SSSR count). The van der Waals surface area contributed by atoms with Crippen LogP contribution in [0, 0.1) is 6.92 Å². The van der Waals surface area contributed by atoms with E-state index >= 15 is 0 Å². The third-order valence-corrected chi connectivity index (χ3v) is 3.17. The second-order valence-corrected chi connectivity index (χ2v) is 4.80. The number of urea groups is 1. The van der Waals surface area contributed by atoms with Gasteiger partial charge in [-0.1, -0.05) is 25.5 Å². The average molecular weight is 294 g/mol. The molecule has 0 aliphatic heterocycles. The molecule has 3 N–H and O–H groups in total. The normalized spacial score (nSPS) is 10.2. The standard InChI is InChI=1S/C15H22N2O4/c1-3-4-8-17(9-10-18)15(21)16-12-7-5-6-11(2)13(12)14(19)20/h5-7,18H,3-4,8-10H2,1-2H3,(H,16,21)(H,19,20). The summed E-state index contributed by atoms with van der Waals surface area (Å²) in [5, 5.41) is 20.9. The molecule has 0 aromatic heterocycles. The number of carboxylic acids is 1. The molecular weight excluding hydrogens is 272 g/mol. The Balaban J connectivity index is 2.90. The molecule has 1 aromatic rings. The van der Waals surface area contributed by atoms with Crippen molar-refractivity contribution in [2.45, 2.75) is 26.7 Å². The summed E-state index contributed by atoms with van der Waals surface area (Å²) in [5.41, 5.74) is 0.944. The lowest BCUT2D eigenvalue weighted by atomic mass is 10.1. The number of carbonyl (C=O) groups excluding carboxylic acids is 1. The Hall–Kier alpha value is -2.08. The van der Waals surface area contributed by atoms with Gasteiger partial charge in [0.2, 0.25) is 0 Å². The molecule has 0 radical (unpaired) electrons. The highest BCUT2D eigenvalue weighted by Gasteiger charge is 2.18. The highest BCUT2D eigenvalue weighted by atomic mass is 16.4. The van der Waals surface area contributed by atoms with Crippen LogP contribution in [0.15, 0.2) is 18.2 Å². The van der Waals surface area contributed by atoms with Crippen molar-refractivity contribution in [2.24, 2.45) is 0 Å². The fourth-order valence-corrected chi connectivity index (χ4v) is 2.03. The second kappa shape index (κ2) is 8.26. The number of anilines is 1. The van der Waals surface area contributed by atoms with Crippen LogP contribution in [-0.2, 0) is 0 Å². The molecule has 0 unspecified atom stereocenters. The summed E-state index contributed by atoms with van der Waals surface area (Å²) in [5.74, 6) is -1.08. The maximum Gasteiger partial charge on any atom is 0.338 e. The Morgan fingerprint density at radius 2 is 2.00 bits per heavy atom. The number of hydrogen-bond donors (Lipinski definition) is 3. The largest absolute Gasteiger partial charge is 0.478 e. The van der Waals surface area contributed by atoms with Crippen molar-refractivity contribution in [3.8, 4) is 0 Å². The first kappa shape index (κ1) is 17.0. The van der Waals surface area contributed by atoms with E-state index in [4.69, 9.17) is 5.11 Å². The summed E-state index contributed by atoms with van der Waals surface area (Å²) in [6, 6.07) is 4.54. The molecule has 0 heterocycles. The summed E-state index contributed by atoms with van der Waals surface area (Å²) < 4.78 is 0. The van der Waals surface area contributed by atoms with E-state index in [9.17, 15) is 14.7 Å². The molecule has 0 fully saturated rings. The van der Waals surface area contributed by atoms with Gasteiger partial charge in [0.15, 0.2) is 0 Å². The minimum atomic E-state index is -1.08. The summed E-state index contributed by atoms with van der Waals surface area (Å²) >= 11 is 0. The smallest absolute Gasteiger partial charge is 0.338 e. The molecule has 1 aromatic carbocycles. The van der Waals surface area contributed by atoms with Gasteiger partial charge in [0.25, 0.3) is 0 Å². The average Bonchev–Trinajstić information content (AvgIpc) is 2.43. The molecule has 0 atom stereocenters. The van der Waals surface area contributed by atoms with E-state index in [1.54, 1.807) is 25.1 Å². The molecule has 0 aliphatic carbocycles. The van der Waals surface area contributed by atoms with Crippen LogP contribution in [0.25, 0.3) is 0 Å². The number of unbranched alkanes of at least 4 members (excludes halogenated alkanes) is 1. The highest BCUT2D eigenvalue weighted by Crippen LogP contribution is 2.20. The first-order chi connectivity index (χ1) is 10.0. The number of carbonyl (C=O) groups is 2. The van der Waals surface area contributed by atoms with Crippen LogP contribution >= 0.6 is 0 Å². The number of nitrogens with one attached hydrogen (secondary N) is 1. The van der Waals surface area contributed by atoms with Gasteiger partial charge in [-0.3, -0.25) is 0 Å². The Morgan fingerprint density at radius 3 is 2.57 bits per heavy atom. The predicted octanol–water partition coefficient (Wildman–Crippen LogP) is 2.32. The van der Waals surface area contributed by atoms with Crippen LogP contribution < -0.4 is 5.32 Å². The Labute approximate surface area is 124 Å². The van der Waals surface area contributed by atoms with Gasteiger partial charge in [-0.25, -0.2) is 9.59 Å². The van der Waals surface area contributed by atoms with Crippen LogP contribution in [0.4, 0.5) is 10.5 Å². The van der Waals surface area contributed by atoms with Gasteiger partial charge in [0.1, 0.15) is 0 Å². The summed E-state index contributed by atoms with van der Waals surface area (Å²) in [6.45, 7) is 4.31. The number of carboxylic acid groups (broad SMARTS) is 1. The van der Waals surface area contributed by atoms with E-state index in [0.29, 0.717) is 12.1 Å². The van der Waals surface area contributed by atoms with Crippen molar-refractivity contribution in [3.05, 3.63) is 29.3 Å². The van der Waals surface area contributed by atoms with Crippen molar-refractivity contribution in [1.82, 2.24) is 4.90 Å². The summed E-state index contributed by atoms with van der Waals surface area (Å²) in [7, 11) is 0. The third-order valence-electron chi connectivity index (χ3n) is 3.17. The van der Waals surface area contributed by atoms with Gasteiger partial charge in [0.05, 0.1) is 17.9 Å². The number of aryl methyl sites for hydroxylation is 1. The molecule has 116 valence electrons. The number of aliphatic hydroxyl groups excluding tert-OH is 1. The Morgan fingerprint density at radius 1 is 1.29 bits per heavy atom. The van der Waals surface area contributed by atoms with Crippen LogP contribution in [0.3, 0.4) is 0 Å². The van der Waals surface area contributed by atoms with Gasteiger partial charge in [0, 0.05) is 13.1 Å². The molecule has 6 heteroatoms. The van der Waals surface area contributed by atoms with E-state index in [1.165, 1.54) is 4.90 Å². The lowest BCUT2D eigenvalue weighted by Gasteiger charge is -2.22. The zero-order valence-corrected chi connectivity index (χ0v) is 12.4. The van der Waals surface area contributed by atoms with Crippen molar-refractivity contribution in [2.75, 3.05) is 25.0 Å². The topological polar surface area (TPSA) is 89.9 Å². The minimum Gasteiger partial charge on any atom is -0.478 e. The van der Waals surface area contributed by atoms with Gasteiger partial charge in [-0.05, 0) is 25.0 Å². The van der Waals surface area contributed by atoms with Crippen LogP contribution in [0.1, 0.15) is 35.7 Å². The maximum atomic E-state index is 12.2. The fourth-order valence-electron chi connectivity index (χ4n) is 2.03. The van der Waals surface area contributed by atoms with Crippen molar-refractivity contribution < 1.29 is 19.8 Å². The Kier molecular flexibility index (Phi) is 6.68. The van der Waals surface area contributed by atoms with E-state index in [-0.39, 0.29) is 24.4 Å². The van der Waals surface area contributed by atoms with Crippen LogP contribution in [0.2, 0.25) is 0 Å². The number of nitrogens with zero attached hydrogens (tertiary/aromatic N) is 1. The molecule has 0 spiro atoms. The van der Waals surface area contributed by atoms with E-state index in [1.807, 2.05) is 6.92 Å². The van der Waals surface area contributed by atoms with Crippen molar-refractivity contribution >= 4 is 17.7 Å². The van der Waals surface area contributed by atoms with Crippen LogP contribution in [-0.4, -0.2) is 46.8 Å². The zero-order chi connectivity index (χ0) is 15.8. The van der Waals surface area contributed by atoms with Gasteiger partial charge in [-0.15, -0.1) is 0 Å².